The van der Waals surface area contributed by atoms with E-state index < -0.39 is 17.1 Å². The number of hydrogen-bond donors (Lipinski definition) is 0. The molecule has 2 atom stereocenters. The first-order valence-electron chi connectivity index (χ1n) is 6.15. The van der Waals surface area contributed by atoms with Gasteiger partial charge in [0.05, 0.1) is 0 Å². The van der Waals surface area contributed by atoms with Gasteiger partial charge in [-0.25, -0.2) is 0 Å². The Morgan fingerprint density at radius 2 is 1.24 bits per heavy atom. The standard InChI is InChI=1S/C12H26O3Si2/c1-7-11-16(9-3,13-5)15-17(10-4,14-6)12-8-2/h9-10H,3-4,7-8,11-12H2,1-2,5-6H3. The smallest absolute Gasteiger partial charge is 0.355 e. The lowest BCUT2D eigenvalue weighted by Gasteiger charge is -2.35. The first kappa shape index (κ1) is 16.8. The Morgan fingerprint density at radius 3 is 1.41 bits per heavy atom. The zero-order valence-electron chi connectivity index (χ0n) is 11.6. The van der Waals surface area contributed by atoms with Crippen molar-refractivity contribution in [2.75, 3.05) is 14.2 Å². The van der Waals surface area contributed by atoms with Crippen LogP contribution in [0.15, 0.2) is 24.6 Å². The quantitative estimate of drug-likeness (QED) is 0.571. The summed E-state index contributed by atoms with van der Waals surface area (Å²) in [4.78, 5) is 0. The molecule has 0 saturated heterocycles. The van der Waals surface area contributed by atoms with Crippen LogP contribution in [0.1, 0.15) is 26.7 Å². The van der Waals surface area contributed by atoms with Gasteiger partial charge >= 0.3 is 17.1 Å². The zero-order valence-corrected chi connectivity index (χ0v) is 13.6. The number of hydrogen-bond acceptors (Lipinski definition) is 3. The minimum Gasteiger partial charge on any atom is -0.408 e. The lowest BCUT2D eigenvalue weighted by atomic mass is 10.6. The van der Waals surface area contributed by atoms with Crippen LogP contribution >= 0.6 is 0 Å². The van der Waals surface area contributed by atoms with Crippen molar-refractivity contribution in [1.29, 1.82) is 0 Å². The summed E-state index contributed by atoms with van der Waals surface area (Å²) < 4.78 is 17.6. The molecule has 2 unspecified atom stereocenters. The molecule has 0 N–H and O–H groups in total. The van der Waals surface area contributed by atoms with Gasteiger partial charge in [-0.1, -0.05) is 38.1 Å². The summed E-state index contributed by atoms with van der Waals surface area (Å²) in [6, 6.07) is 1.81. The van der Waals surface area contributed by atoms with Crippen molar-refractivity contribution >= 4 is 17.1 Å². The summed E-state index contributed by atoms with van der Waals surface area (Å²) in [6.07, 6.45) is 2.03. The molecule has 0 aliphatic carbocycles. The summed E-state index contributed by atoms with van der Waals surface area (Å²) in [5.74, 6) is 0. The third-order valence-electron chi connectivity index (χ3n) is 2.86. The summed E-state index contributed by atoms with van der Waals surface area (Å²) in [5, 5.41) is 0. The van der Waals surface area contributed by atoms with Gasteiger partial charge < -0.3 is 13.0 Å². The van der Waals surface area contributed by atoms with Gasteiger partial charge in [-0.05, 0) is 12.1 Å². The first-order chi connectivity index (χ1) is 8.07. The number of rotatable bonds is 10. The van der Waals surface area contributed by atoms with E-state index in [0.717, 1.165) is 24.9 Å². The second-order valence-corrected chi connectivity index (χ2v) is 10.7. The second-order valence-electron chi connectivity index (χ2n) is 4.04. The summed E-state index contributed by atoms with van der Waals surface area (Å²) in [7, 11) is -1.25. The Morgan fingerprint density at radius 1 is 0.882 bits per heavy atom. The summed E-state index contributed by atoms with van der Waals surface area (Å²) >= 11 is 0. The lowest BCUT2D eigenvalue weighted by molar-refractivity contribution is 0.248. The molecule has 0 aromatic heterocycles. The first-order valence-corrected chi connectivity index (χ1v) is 10.4. The second kappa shape index (κ2) is 7.99. The lowest BCUT2D eigenvalue weighted by Crippen LogP contribution is -2.52. The largest absolute Gasteiger partial charge is 0.408 e. The molecule has 0 spiro atoms. The minimum atomic E-state index is -2.33. The summed E-state index contributed by atoms with van der Waals surface area (Å²) in [6.45, 7) is 12.0. The molecule has 5 heteroatoms. The van der Waals surface area contributed by atoms with E-state index in [1.165, 1.54) is 0 Å². The Kier molecular flexibility index (Phi) is 7.90. The van der Waals surface area contributed by atoms with E-state index in [0.29, 0.717) is 0 Å². The van der Waals surface area contributed by atoms with Crippen molar-refractivity contribution in [1.82, 2.24) is 0 Å². The molecule has 0 radical (unpaired) electrons. The molecule has 100 valence electrons. The average Bonchev–Trinajstić information content (AvgIpc) is 2.37. The van der Waals surface area contributed by atoms with Crippen LogP contribution in [0, 0.1) is 0 Å². The van der Waals surface area contributed by atoms with Crippen LogP contribution in [-0.4, -0.2) is 31.3 Å². The van der Waals surface area contributed by atoms with Crippen molar-refractivity contribution in [2.45, 2.75) is 38.8 Å². The molecule has 0 rings (SSSR count). The predicted molar refractivity (Wildman–Crippen MR) is 77.2 cm³/mol. The topological polar surface area (TPSA) is 27.7 Å². The molecule has 0 bridgehead atoms. The van der Waals surface area contributed by atoms with Gasteiger partial charge in [0.1, 0.15) is 0 Å². The van der Waals surface area contributed by atoms with Crippen molar-refractivity contribution in [3.05, 3.63) is 24.6 Å². The molecule has 0 aromatic carbocycles. The van der Waals surface area contributed by atoms with Crippen LogP contribution < -0.4 is 0 Å². The van der Waals surface area contributed by atoms with Gasteiger partial charge in [0.15, 0.2) is 0 Å². The maximum atomic E-state index is 6.30. The molecule has 0 aromatic rings. The minimum absolute atomic E-state index is 0.905. The highest BCUT2D eigenvalue weighted by Crippen LogP contribution is 2.26. The van der Waals surface area contributed by atoms with E-state index in [2.05, 4.69) is 27.0 Å². The van der Waals surface area contributed by atoms with E-state index >= 15 is 0 Å². The van der Waals surface area contributed by atoms with Gasteiger partial charge in [-0.2, -0.15) is 0 Å². The van der Waals surface area contributed by atoms with Gasteiger partial charge in [0.25, 0.3) is 0 Å². The molecular weight excluding hydrogens is 248 g/mol. The Bertz CT molecular complexity index is 224. The van der Waals surface area contributed by atoms with Crippen LogP contribution in [0.3, 0.4) is 0 Å². The zero-order chi connectivity index (χ0) is 13.4. The average molecular weight is 275 g/mol. The van der Waals surface area contributed by atoms with E-state index in [4.69, 9.17) is 13.0 Å². The van der Waals surface area contributed by atoms with Crippen LogP contribution in [0.25, 0.3) is 0 Å². The van der Waals surface area contributed by atoms with E-state index in [1.807, 2.05) is 11.4 Å². The SMILES string of the molecule is C=C[Si](CCC)(OC)O[Si](C=C)(CCC)OC. The normalized spacial score (nSPS) is 18.1. The fraction of sp³-hybridized carbons (Fsp3) is 0.667. The Labute approximate surface area is 108 Å². The molecular formula is C12H26O3Si2. The van der Waals surface area contributed by atoms with Gasteiger partial charge in [-0.3, -0.25) is 0 Å². The summed E-state index contributed by atoms with van der Waals surface area (Å²) in [5.41, 5.74) is 3.72. The van der Waals surface area contributed by atoms with Crippen LogP contribution in [0.2, 0.25) is 12.1 Å². The fourth-order valence-corrected chi connectivity index (χ4v) is 8.87. The molecule has 0 saturated carbocycles. The van der Waals surface area contributed by atoms with Crippen molar-refractivity contribution < 1.29 is 13.0 Å². The van der Waals surface area contributed by atoms with Crippen molar-refractivity contribution in [3.63, 3.8) is 0 Å². The predicted octanol–water partition coefficient (Wildman–Crippen LogP) is 3.45. The van der Waals surface area contributed by atoms with Gasteiger partial charge in [0.2, 0.25) is 0 Å². The van der Waals surface area contributed by atoms with E-state index in [-0.39, 0.29) is 0 Å². The highest BCUT2D eigenvalue weighted by atomic mass is 28.5. The molecule has 0 fully saturated rings. The third-order valence-corrected chi connectivity index (χ3v) is 10.6. The maximum absolute atomic E-state index is 6.30. The third kappa shape index (κ3) is 4.52. The molecule has 17 heavy (non-hydrogen) atoms. The van der Waals surface area contributed by atoms with Gasteiger partial charge in [-0.15, -0.1) is 13.2 Å². The van der Waals surface area contributed by atoms with Crippen molar-refractivity contribution in [2.24, 2.45) is 0 Å². The Balaban J connectivity index is 5.02. The fourth-order valence-electron chi connectivity index (χ4n) is 1.83. The van der Waals surface area contributed by atoms with Gasteiger partial charge in [0, 0.05) is 14.2 Å². The van der Waals surface area contributed by atoms with Crippen LogP contribution in [-0.2, 0) is 13.0 Å². The highest BCUT2D eigenvalue weighted by molar-refractivity contribution is 6.86. The monoisotopic (exact) mass is 274 g/mol. The molecule has 0 aliphatic heterocycles. The highest BCUT2D eigenvalue weighted by Gasteiger charge is 2.44. The van der Waals surface area contributed by atoms with Crippen LogP contribution in [0.5, 0.6) is 0 Å². The van der Waals surface area contributed by atoms with Crippen LogP contribution in [0.4, 0.5) is 0 Å². The van der Waals surface area contributed by atoms with Crippen molar-refractivity contribution in [3.8, 4) is 0 Å². The maximum Gasteiger partial charge on any atom is 0.355 e. The van der Waals surface area contributed by atoms with E-state index in [1.54, 1.807) is 14.2 Å². The van der Waals surface area contributed by atoms with E-state index in [9.17, 15) is 0 Å². The molecule has 0 amide bonds. The molecule has 0 aliphatic rings. The molecule has 3 nitrogen and oxygen atoms in total. The molecule has 0 heterocycles. The Hall–Kier alpha value is -0.206.